The van der Waals surface area contributed by atoms with Gasteiger partial charge in [0.1, 0.15) is 5.82 Å². The standard InChI is InChI=1S/C15H17N3O3/c1-11(2)18-13(8-9-16-18)17-14(19)10-21-15(20)12-6-4-3-5-7-12/h3-9,11H,10H2,1-2H3,(H,17,19). The molecule has 0 radical (unpaired) electrons. The third kappa shape index (κ3) is 3.92. The van der Waals surface area contributed by atoms with Gasteiger partial charge in [0, 0.05) is 12.1 Å². The Hall–Kier alpha value is -2.63. The van der Waals surface area contributed by atoms with Crippen molar-refractivity contribution in [1.29, 1.82) is 0 Å². The molecule has 110 valence electrons. The van der Waals surface area contributed by atoms with Gasteiger partial charge in [-0.2, -0.15) is 5.10 Å². The van der Waals surface area contributed by atoms with Crippen molar-refractivity contribution in [3.63, 3.8) is 0 Å². The van der Waals surface area contributed by atoms with Crippen LogP contribution in [0.5, 0.6) is 0 Å². The number of carbonyl (C=O) groups is 2. The highest BCUT2D eigenvalue weighted by Crippen LogP contribution is 2.12. The highest BCUT2D eigenvalue weighted by atomic mass is 16.5. The van der Waals surface area contributed by atoms with Crippen molar-refractivity contribution in [2.75, 3.05) is 11.9 Å². The summed E-state index contributed by atoms with van der Waals surface area (Å²) in [4.78, 5) is 23.5. The average molecular weight is 287 g/mol. The van der Waals surface area contributed by atoms with E-state index in [-0.39, 0.29) is 12.6 Å². The summed E-state index contributed by atoms with van der Waals surface area (Å²) in [6.07, 6.45) is 1.60. The number of ether oxygens (including phenoxy) is 1. The topological polar surface area (TPSA) is 73.2 Å². The monoisotopic (exact) mass is 287 g/mol. The third-order valence-electron chi connectivity index (χ3n) is 2.77. The first-order valence-corrected chi connectivity index (χ1v) is 6.63. The molecule has 21 heavy (non-hydrogen) atoms. The van der Waals surface area contributed by atoms with Crippen molar-refractivity contribution >= 4 is 17.7 Å². The number of amides is 1. The van der Waals surface area contributed by atoms with Gasteiger partial charge in [0.15, 0.2) is 6.61 Å². The van der Waals surface area contributed by atoms with Crippen LogP contribution in [0.15, 0.2) is 42.6 Å². The van der Waals surface area contributed by atoms with Crippen molar-refractivity contribution in [2.24, 2.45) is 0 Å². The van der Waals surface area contributed by atoms with E-state index in [4.69, 9.17) is 4.74 Å². The summed E-state index contributed by atoms with van der Waals surface area (Å²) in [7, 11) is 0. The summed E-state index contributed by atoms with van der Waals surface area (Å²) in [6.45, 7) is 3.58. The van der Waals surface area contributed by atoms with Gasteiger partial charge in [-0.05, 0) is 26.0 Å². The molecule has 2 rings (SSSR count). The molecule has 0 atom stereocenters. The highest BCUT2D eigenvalue weighted by molar-refractivity contribution is 5.95. The molecule has 1 amide bonds. The maximum atomic E-state index is 11.8. The Morgan fingerprint density at radius 1 is 1.24 bits per heavy atom. The number of hydrogen-bond acceptors (Lipinski definition) is 4. The molecule has 0 aliphatic carbocycles. The van der Waals surface area contributed by atoms with Crippen LogP contribution in [0.2, 0.25) is 0 Å². The maximum absolute atomic E-state index is 11.8. The van der Waals surface area contributed by atoms with Gasteiger partial charge < -0.3 is 10.1 Å². The molecule has 1 N–H and O–H groups in total. The predicted octanol–water partition coefficient (Wildman–Crippen LogP) is 2.26. The fraction of sp³-hybridized carbons (Fsp3) is 0.267. The molecule has 6 nitrogen and oxygen atoms in total. The number of benzene rings is 1. The van der Waals surface area contributed by atoms with Gasteiger partial charge in [-0.25, -0.2) is 9.48 Å². The normalized spacial score (nSPS) is 10.4. The Morgan fingerprint density at radius 3 is 2.62 bits per heavy atom. The van der Waals surface area contributed by atoms with Gasteiger partial charge in [-0.1, -0.05) is 18.2 Å². The molecule has 0 unspecified atom stereocenters. The van der Waals surface area contributed by atoms with Gasteiger partial charge in [0.25, 0.3) is 5.91 Å². The molecule has 1 aromatic carbocycles. The molecule has 0 saturated heterocycles. The van der Waals surface area contributed by atoms with Gasteiger partial charge in [0.2, 0.25) is 0 Å². The SMILES string of the molecule is CC(C)n1nccc1NC(=O)COC(=O)c1ccccc1. The second-order valence-corrected chi connectivity index (χ2v) is 4.75. The molecule has 1 heterocycles. The summed E-state index contributed by atoms with van der Waals surface area (Å²) >= 11 is 0. The van der Waals surface area contributed by atoms with E-state index in [9.17, 15) is 9.59 Å². The van der Waals surface area contributed by atoms with Crippen LogP contribution in [0.1, 0.15) is 30.2 Å². The number of hydrogen-bond donors (Lipinski definition) is 1. The van der Waals surface area contributed by atoms with Crippen LogP contribution in [-0.2, 0) is 9.53 Å². The van der Waals surface area contributed by atoms with Crippen LogP contribution in [-0.4, -0.2) is 28.3 Å². The fourth-order valence-electron chi connectivity index (χ4n) is 1.79. The van der Waals surface area contributed by atoms with Crippen LogP contribution < -0.4 is 5.32 Å². The molecule has 0 aliphatic heterocycles. The molecule has 1 aromatic heterocycles. The second kappa shape index (κ2) is 6.69. The van der Waals surface area contributed by atoms with Crippen molar-refractivity contribution in [3.8, 4) is 0 Å². The van der Waals surface area contributed by atoms with Crippen LogP contribution in [0.25, 0.3) is 0 Å². The zero-order chi connectivity index (χ0) is 15.2. The van der Waals surface area contributed by atoms with E-state index < -0.39 is 11.9 Å². The smallest absolute Gasteiger partial charge is 0.338 e. The Balaban J connectivity index is 1.88. The molecule has 0 fully saturated rings. The van der Waals surface area contributed by atoms with E-state index in [1.54, 1.807) is 47.3 Å². The van der Waals surface area contributed by atoms with Crippen molar-refractivity contribution in [2.45, 2.75) is 19.9 Å². The minimum Gasteiger partial charge on any atom is -0.452 e. The van der Waals surface area contributed by atoms with E-state index in [1.165, 1.54) is 0 Å². The first kappa shape index (κ1) is 14.8. The Labute approximate surface area is 122 Å². The maximum Gasteiger partial charge on any atom is 0.338 e. The number of nitrogens with one attached hydrogen (secondary N) is 1. The van der Waals surface area contributed by atoms with Crippen LogP contribution in [0, 0.1) is 0 Å². The van der Waals surface area contributed by atoms with Crippen LogP contribution >= 0.6 is 0 Å². The van der Waals surface area contributed by atoms with Gasteiger partial charge in [0.05, 0.1) is 11.8 Å². The van der Waals surface area contributed by atoms with E-state index in [1.807, 2.05) is 13.8 Å². The number of nitrogens with zero attached hydrogens (tertiary/aromatic N) is 2. The number of aromatic nitrogens is 2. The largest absolute Gasteiger partial charge is 0.452 e. The number of carbonyl (C=O) groups excluding carboxylic acids is 2. The fourth-order valence-corrected chi connectivity index (χ4v) is 1.79. The average Bonchev–Trinajstić information content (AvgIpc) is 2.94. The van der Waals surface area contributed by atoms with E-state index in [0.717, 1.165) is 0 Å². The molecule has 0 spiro atoms. The van der Waals surface area contributed by atoms with Crippen molar-refractivity contribution in [1.82, 2.24) is 9.78 Å². The summed E-state index contributed by atoms with van der Waals surface area (Å²) in [6, 6.07) is 10.4. The zero-order valence-electron chi connectivity index (χ0n) is 11.9. The van der Waals surface area contributed by atoms with Crippen molar-refractivity contribution < 1.29 is 14.3 Å². The lowest BCUT2D eigenvalue weighted by molar-refractivity contribution is -0.119. The first-order chi connectivity index (χ1) is 10.1. The van der Waals surface area contributed by atoms with Gasteiger partial charge in [-0.15, -0.1) is 0 Å². The summed E-state index contributed by atoms with van der Waals surface area (Å²) < 4.78 is 6.64. The van der Waals surface area contributed by atoms with E-state index in [2.05, 4.69) is 10.4 Å². The van der Waals surface area contributed by atoms with E-state index >= 15 is 0 Å². The van der Waals surface area contributed by atoms with E-state index in [0.29, 0.717) is 11.4 Å². The number of rotatable bonds is 5. The van der Waals surface area contributed by atoms with Crippen LogP contribution in [0.4, 0.5) is 5.82 Å². The molecular formula is C15H17N3O3. The summed E-state index contributed by atoms with van der Waals surface area (Å²) in [5, 5.41) is 6.77. The molecule has 0 aliphatic rings. The molecule has 0 bridgehead atoms. The molecule has 0 saturated carbocycles. The van der Waals surface area contributed by atoms with Gasteiger partial charge >= 0.3 is 5.97 Å². The number of esters is 1. The van der Waals surface area contributed by atoms with Crippen LogP contribution in [0.3, 0.4) is 0 Å². The summed E-state index contributed by atoms with van der Waals surface area (Å²) in [5.74, 6) is -0.351. The molecule has 2 aromatic rings. The highest BCUT2D eigenvalue weighted by Gasteiger charge is 2.12. The lowest BCUT2D eigenvalue weighted by Crippen LogP contribution is -2.23. The first-order valence-electron chi connectivity index (χ1n) is 6.63. The zero-order valence-corrected chi connectivity index (χ0v) is 11.9. The Morgan fingerprint density at radius 2 is 1.95 bits per heavy atom. The quantitative estimate of drug-likeness (QED) is 0.856. The summed E-state index contributed by atoms with van der Waals surface area (Å²) in [5.41, 5.74) is 0.414. The van der Waals surface area contributed by atoms with Gasteiger partial charge in [-0.3, -0.25) is 4.79 Å². The lowest BCUT2D eigenvalue weighted by atomic mass is 10.2. The molecule has 6 heteroatoms. The Bertz CT molecular complexity index is 620. The lowest BCUT2D eigenvalue weighted by Gasteiger charge is -2.11. The minimum atomic E-state index is -0.525. The molecular weight excluding hydrogens is 270 g/mol. The third-order valence-corrected chi connectivity index (χ3v) is 2.77. The van der Waals surface area contributed by atoms with Crippen molar-refractivity contribution in [3.05, 3.63) is 48.2 Å². The predicted molar refractivity (Wildman–Crippen MR) is 78.0 cm³/mol. The Kier molecular flexibility index (Phi) is 4.71. The number of anilines is 1. The second-order valence-electron chi connectivity index (χ2n) is 4.75. The minimum absolute atomic E-state index is 0.127.